The van der Waals surface area contributed by atoms with Gasteiger partial charge in [-0.1, -0.05) is 6.92 Å². The van der Waals surface area contributed by atoms with Gasteiger partial charge in [0.1, 0.15) is 11.1 Å². The van der Waals surface area contributed by atoms with Gasteiger partial charge in [-0.25, -0.2) is 4.98 Å². The number of nitrogens with one attached hydrogen (secondary N) is 1. The number of aryl methyl sites for hydroxylation is 1. The van der Waals surface area contributed by atoms with Crippen LogP contribution in [0.4, 0.5) is 0 Å². The van der Waals surface area contributed by atoms with E-state index in [0.29, 0.717) is 0 Å². The molecule has 3 nitrogen and oxygen atoms in total. The highest BCUT2D eigenvalue weighted by atomic mass is 32.1. The Balaban J connectivity index is 1.72. The molecule has 0 spiro atoms. The van der Waals surface area contributed by atoms with Gasteiger partial charge in [0.15, 0.2) is 0 Å². The molecule has 1 atom stereocenters. The number of hydrogen-bond acceptors (Lipinski definition) is 4. The van der Waals surface area contributed by atoms with E-state index in [1.807, 2.05) is 18.4 Å². The summed E-state index contributed by atoms with van der Waals surface area (Å²) in [5, 5.41) is 4.79. The predicted octanol–water partition coefficient (Wildman–Crippen LogP) is 3.06. The molecule has 0 aliphatic heterocycles. The number of aromatic nitrogens is 1. The molecule has 2 aliphatic rings. The summed E-state index contributed by atoms with van der Waals surface area (Å²) >= 11 is 1.86. The molecular formula is C14H22N2OS. The molecule has 0 bridgehead atoms. The zero-order chi connectivity index (χ0) is 12.5. The third-order valence-electron chi connectivity index (χ3n) is 3.81. The fourth-order valence-corrected chi connectivity index (χ4v) is 3.63. The van der Waals surface area contributed by atoms with Crippen LogP contribution in [-0.2, 0) is 17.7 Å². The van der Waals surface area contributed by atoms with Crippen LogP contribution in [0, 0.1) is 5.92 Å². The van der Waals surface area contributed by atoms with E-state index >= 15 is 0 Å². The minimum Gasteiger partial charge on any atom is -0.374 e. The van der Waals surface area contributed by atoms with Gasteiger partial charge < -0.3 is 10.1 Å². The van der Waals surface area contributed by atoms with Crippen molar-refractivity contribution < 1.29 is 4.74 Å². The highest BCUT2D eigenvalue weighted by Crippen LogP contribution is 2.44. The molecule has 4 heteroatoms. The van der Waals surface area contributed by atoms with Gasteiger partial charge in [-0.3, -0.25) is 0 Å². The Labute approximate surface area is 113 Å². The lowest BCUT2D eigenvalue weighted by Crippen LogP contribution is -2.15. The fourth-order valence-electron chi connectivity index (χ4n) is 2.36. The molecule has 1 unspecified atom stereocenters. The molecular weight excluding hydrogens is 244 g/mol. The van der Waals surface area contributed by atoms with Gasteiger partial charge in [-0.2, -0.15) is 0 Å². The molecule has 1 aromatic rings. The van der Waals surface area contributed by atoms with Gasteiger partial charge >= 0.3 is 0 Å². The van der Waals surface area contributed by atoms with E-state index in [1.54, 1.807) is 0 Å². The molecule has 100 valence electrons. The monoisotopic (exact) mass is 266 g/mol. The first-order valence-corrected chi connectivity index (χ1v) is 7.88. The van der Waals surface area contributed by atoms with Crippen LogP contribution in [-0.4, -0.2) is 18.1 Å². The summed E-state index contributed by atoms with van der Waals surface area (Å²) in [6, 6.07) is 0.766. The number of methoxy groups -OCH3 is 1. The molecule has 0 aromatic carbocycles. The van der Waals surface area contributed by atoms with E-state index in [4.69, 9.17) is 9.72 Å². The molecule has 3 rings (SSSR count). The maximum absolute atomic E-state index is 5.64. The van der Waals surface area contributed by atoms with Crippen LogP contribution in [0.25, 0.3) is 0 Å². The van der Waals surface area contributed by atoms with Crippen LogP contribution in [0.2, 0.25) is 0 Å². The van der Waals surface area contributed by atoms with Crippen molar-refractivity contribution in [3.63, 3.8) is 0 Å². The summed E-state index contributed by atoms with van der Waals surface area (Å²) in [6.07, 6.45) is 6.56. The number of nitrogens with zero attached hydrogens (tertiary/aromatic N) is 1. The second-order valence-electron chi connectivity index (χ2n) is 5.42. The van der Waals surface area contributed by atoms with Crippen molar-refractivity contribution in [3.8, 4) is 0 Å². The molecule has 2 fully saturated rings. The summed E-state index contributed by atoms with van der Waals surface area (Å²) in [4.78, 5) is 6.23. The quantitative estimate of drug-likeness (QED) is 0.823. The molecule has 0 amide bonds. The summed E-state index contributed by atoms with van der Waals surface area (Å²) in [5.74, 6) is 0.718. The Bertz CT molecular complexity index is 410. The van der Waals surface area contributed by atoms with Crippen molar-refractivity contribution >= 4 is 11.3 Å². The lowest BCUT2D eigenvalue weighted by molar-refractivity contribution is 0.0842. The number of rotatable bonds is 7. The van der Waals surface area contributed by atoms with Gasteiger partial charge in [0.05, 0.1) is 5.69 Å². The first-order valence-electron chi connectivity index (χ1n) is 7.06. The van der Waals surface area contributed by atoms with Crippen LogP contribution in [0.5, 0.6) is 0 Å². The van der Waals surface area contributed by atoms with Crippen LogP contribution in [0.3, 0.4) is 0 Å². The molecule has 18 heavy (non-hydrogen) atoms. The van der Waals surface area contributed by atoms with Crippen molar-refractivity contribution in [1.82, 2.24) is 10.3 Å². The summed E-state index contributed by atoms with van der Waals surface area (Å²) < 4.78 is 5.64. The van der Waals surface area contributed by atoms with Crippen LogP contribution >= 0.6 is 11.3 Å². The van der Waals surface area contributed by atoms with Crippen LogP contribution < -0.4 is 5.32 Å². The summed E-state index contributed by atoms with van der Waals surface area (Å²) in [5.41, 5.74) is 1.27. The summed E-state index contributed by atoms with van der Waals surface area (Å²) in [6.45, 7) is 3.19. The first-order chi connectivity index (χ1) is 8.81. The maximum Gasteiger partial charge on any atom is 0.122 e. The van der Waals surface area contributed by atoms with Gasteiger partial charge in [0.25, 0.3) is 0 Å². The lowest BCUT2D eigenvalue weighted by Gasteiger charge is -2.10. The Morgan fingerprint density at radius 3 is 2.72 bits per heavy atom. The van der Waals surface area contributed by atoms with Crippen LogP contribution in [0.15, 0.2) is 0 Å². The van der Waals surface area contributed by atoms with Crippen molar-refractivity contribution in [2.45, 2.75) is 57.7 Å². The van der Waals surface area contributed by atoms with Crippen molar-refractivity contribution in [3.05, 3.63) is 15.6 Å². The third kappa shape index (κ3) is 2.76. The van der Waals surface area contributed by atoms with Crippen molar-refractivity contribution in [1.29, 1.82) is 0 Å². The number of thiazole rings is 1. The molecule has 2 aliphatic carbocycles. The predicted molar refractivity (Wildman–Crippen MR) is 73.8 cm³/mol. The minimum absolute atomic E-state index is 0.245. The standard InChI is InChI=1S/C14H22N2OS/c1-3-11-12(8-15-10-6-7-10)18-14(16-11)13(17-2)9-4-5-9/h9-10,13,15H,3-8H2,1-2H3. The molecule has 0 saturated heterocycles. The second-order valence-corrected chi connectivity index (χ2v) is 6.54. The van der Waals surface area contributed by atoms with E-state index in [0.717, 1.165) is 24.9 Å². The van der Waals surface area contributed by atoms with E-state index < -0.39 is 0 Å². The minimum atomic E-state index is 0.245. The largest absolute Gasteiger partial charge is 0.374 e. The zero-order valence-electron chi connectivity index (χ0n) is 11.2. The van der Waals surface area contributed by atoms with Gasteiger partial charge in [0.2, 0.25) is 0 Å². The molecule has 1 aromatic heterocycles. The number of ether oxygens (including phenoxy) is 1. The van der Waals surface area contributed by atoms with Gasteiger partial charge in [0, 0.05) is 24.6 Å². The highest BCUT2D eigenvalue weighted by Gasteiger charge is 2.35. The van der Waals surface area contributed by atoms with Crippen molar-refractivity contribution in [2.75, 3.05) is 7.11 Å². The molecule has 2 saturated carbocycles. The Hall–Kier alpha value is -0.450. The van der Waals surface area contributed by atoms with E-state index in [-0.39, 0.29) is 6.10 Å². The fraction of sp³-hybridized carbons (Fsp3) is 0.786. The molecule has 0 radical (unpaired) electrons. The zero-order valence-corrected chi connectivity index (χ0v) is 12.1. The molecule has 1 heterocycles. The Kier molecular flexibility index (Phi) is 3.68. The van der Waals surface area contributed by atoms with E-state index in [2.05, 4.69) is 12.2 Å². The Morgan fingerprint density at radius 2 is 2.17 bits per heavy atom. The average Bonchev–Trinajstić information content (AvgIpc) is 3.27. The highest BCUT2D eigenvalue weighted by molar-refractivity contribution is 7.11. The normalized spacial score (nSPS) is 21.2. The van der Waals surface area contributed by atoms with Gasteiger partial charge in [-0.15, -0.1) is 11.3 Å². The molecule has 1 N–H and O–H groups in total. The first kappa shape index (κ1) is 12.6. The second kappa shape index (κ2) is 5.27. The third-order valence-corrected chi connectivity index (χ3v) is 4.96. The summed E-state index contributed by atoms with van der Waals surface area (Å²) in [7, 11) is 1.82. The van der Waals surface area contributed by atoms with Gasteiger partial charge in [-0.05, 0) is 38.0 Å². The smallest absolute Gasteiger partial charge is 0.122 e. The van der Waals surface area contributed by atoms with Crippen LogP contribution in [0.1, 0.15) is 54.3 Å². The SMILES string of the molecule is CCc1nc(C(OC)C2CC2)sc1CNC1CC1. The Morgan fingerprint density at radius 1 is 1.39 bits per heavy atom. The van der Waals surface area contributed by atoms with E-state index in [1.165, 1.54) is 41.3 Å². The van der Waals surface area contributed by atoms with Crippen molar-refractivity contribution in [2.24, 2.45) is 5.92 Å². The average molecular weight is 266 g/mol. The van der Waals surface area contributed by atoms with E-state index in [9.17, 15) is 0 Å². The topological polar surface area (TPSA) is 34.1 Å². The lowest BCUT2D eigenvalue weighted by atomic mass is 10.2. The number of hydrogen-bond donors (Lipinski definition) is 1. The maximum atomic E-state index is 5.64.